The maximum Gasteiger partial charge on any atom is 0.134 e. The molecule has 2 rings (SSSR count). The molecule has 2 heterocycles. The summed E-state index contributed by atoms with van der Waals surface area (Å²) in [4.78, 5) is 15.3. The van der Waals surface area contributed by atoms with Crippen LogP contribution >= 0.6 is 11.3 Å². The van der Waals surface area contributed by atoms with E-state index in [4.69, 9.17) is 5.73 Å². The maximum atomic E-state index is 5.83. The van der Waals surface area contributed by atoms with Gasteiger partial charge in [0.15, 0.2) is 0 Å². The summed E-state index contributed by atoms with van der Waals surface area (Å²) >= 11 is 1.66. The van der Waals surface area contributed by atoms with Crippen molar-refractivity contribution in [2.75, 3.05) is 17.7 Å². The highest BCUT2D eigenvalue weighted by Crippen LogP contribution is 2.17. The summed E-state index contributed by atoms with van der Waals surface area (Å²) in [6.45, 7) is 4.84. The third-order valence-electron chi connectivity index (χ3n) is 2.71. The topological polar surface area (TPSA) is 67.9 Å². The van der Waals surface area contributed by atoms with Crippen LogP contribution in [-0.2, 0) is 13.0 Å². The van der Waals surface area contributed by atoms with Crippen LogP contribution in [0.25, 0.3) is 0 Å². The van der Waals surface area contributed by atoms with E-state index in [2.05, 4.69) is 27.3 Å². The summed E-state index contributed by atoms with van der Waals surface area (Å²) in [6.07, 6.45) is 1.86. The van der Waals surface area contributed by atoms with Gasteiger partial charge in [0, 0.05) is 24.9 Å². The van der Waals surface area contributed by atoms with Gasteiger partial charge >= 0.3 is 0 Å². The van der Waals surface area contributed by atoms with Crippen molar-refractivity contribution < 1.29 is 0 Å². The van der Waals surface area contributed by atoms with Crippen molar-refractivity contribution in [2.24, 2.45) is 0 Å². The molecule has 0 aliphatic heterocycles. The molecule has 0 spiro atoms. The van der Waals surface area contributed by atoms with Gasteiger partial charge in [-0.3, -0.25) is 0 Å². The molecule has 2 aromatic heterocycles. The van der Waals surface area contributed by atoms with Gasteiger partial charge in [-0.15, -0.1) is 11.3 Å². The second kappa shape index (κ2) is 5.97. The fraction of sp³-hybridized carbons (Fsp3) is 0.462. The van der Waals surface area contributed by atoms with E-state index in [1.807, 2.05) is 18.9 Å². The van der Waals surface area contributed by atoms with Crippen LogP contribution in [0.4, 0.5) is 11.6 Å². The van der Waals surface area contributed by atoms with Gasteiger partial charge in [0.05, 0.1) is 17.2 Å². The monoisotopic (exact) mass is 277 g/mol. The Morgan fingerprint density at radius 2 is 2.11 bits per heavy atom. The zero-order valence-electron chi connectivity index (χ0n) is 11.6. The van der Waals surface area contributed by atoms with Crippen molar-refractivity contribution in [1.82, 2.24) is 15.0 Å². The van der Waals surface area contributed by atoms with Gasteiger partial charge in [-0.1, -0.05) is 6.92 Å². The molecule has 0 fully saturated rings. The smallest absolute Gasteiger partial charge is 0.134 e. The molecule has 5 nitrogen and oxygen atoms in total. The van der Waals surface area contributed by atoms with Crippen molar-refractivity contribution >= 4 is 23.0 Å². The molecular weight excluding hydrogens is 258 g/mol. The quantitative estimate of drug-likeness (QED) is 0.909. The third kappa shape index (κ3) is 3.64. The average molecular weight is 277 g/mol. The minimum Gasteiger partial charge on any atom is -0.384 e. The lowest BCUT2D eigenvalue weighted by molar-refractivity contribution is 0.809. The fourth-order valence-corrected chi connectivity index (χ4v) is 2.44. The van der Waals surface area contributed by atoms with Crippen LogP contribution in [0.5, 0.6) is 0 Å². The van der Waals surface area contributed by atoms with Gasteiger partial charge in [0.1, 0.15) is 17.5 Å². The second-order valence-corrected chi connectivity index (χ2v) is 5.59. The summed E-state index contributed by atoms with van der Waals surface area (Å²) in [7, 11) is 1.99. The minimum absolute atomic E-state index is 0.523. The summed E-state index contributed by atoms with van der Waals surface area (Å²) in [6, 6.07) is 1.80. The highest BCUT2D eigenvalue weighted by atomic mass is 32.1. The molecule has 0 unspecified atom stereocenters. The molecule has 0 aromatic carbocycles. The summed E-state index contributed by atoms with van der Waals surface area (Å²) in [5.41, 5.74) is 6.89. The van der Waals surface area contributed by atoms with Gasteiger partial charge in [-0.05, 0) is 13.3 Å². The van der Waals surface area contributed by atoms with E-state index in [-0.39, 0.29) is 0 Å². The molecule has 0 aliphatic carbocycles. The second-order valence-electron chi connectivity index (χ2n) is 4.53. The van der Waals surface area contributed by atoms with Crippen molar-refractivity contribution in [3.8, 4) is 0 Å². The van der Waals surface area contributed by atoms with Gasteiger partial charge in [0.25, 0.3) is 0 Å². The Morgan fingerprint density at radius 3 is 2.74 bits per heavy atom. The Balaban J connectivity index is 2.15. The van der Waals surface area contributed by atoms with E-state index >= 15 is 0 Å². The molecule has 2 N–H and O–H groups in total. The third-order valence-corrected chi connectivity index (χ3v) is 3.53. The lowest BCUT2D eigenvalue weighted by Crippen LogP contribution is -2.19. The number of nitrogens with zero attached hydrogens (tertiary/aromatic N) is 4. The molecular formula is C13H19N5S. The van der Waals surface area contributed by atoms with E-state index < -0.39 is 0 Å². The highest BCUT2D eigenvalue weighted by molar-refractivity contribution is 7.09. The van der Waals surface area contributed by atoms with E-state index in [1.54, 1.807) is 17.4 Å². The Kier molecular flexibility index (Phi) is 4.31. The van der Waals surface area contributed by atoms with Crippen LogP contribution in [0, 0.1) is 6.92 Å². The van der Waals surface area contributed by atoms with Crippen LogP contribution in [-0.4, -0.2) is 22.0 Å². The Morgan fingerprint density at radius 1 is 1.32 bits per heavy atom. The number of nitrogen functional groups attached to an aromatic ring is 1. The summed E-state index contributed by atoms with van der Waals surface area (Å²) in [5, 5.41) is 3.15. The first-order valence-corrected chi connectivity index (χ1v) is 7.22. The van der Waals surface area contributed by atoms with Gasteiger partial charge in [-0.2, -0.15) is 0 Å². The first kappa shape index (κ1) is 13.7. The number of rotatable bonds is 5. The van der Waals surface area contributed by atoms with Gasteiger partial charge in [-0.25, -0.2) is 15.0 Å². The van der Waals surface area contributed by atoms with Crippen LogP contribution in [0.2, 0.25) is 0 Å². The SMILES string of the molecule is CCCc1nc(N)cc(N(C)Cc2csc(C)n2)n1. The van der Waals surface area contributed by atoms with Crippen LogP contribution in [0.3, 0.4) is 0 Å². The zero-order chi connectivity index (χ0) is 13.8. The molecule has 6 heteroatoms. The van der Waals surface area contributed by atoms with Crippen molar-refractivity contribution in [3.63, 3.8) is 0 Å². The molecule has 0 saturated heterocycles. The van der Waals surface area contributed by atoms with E-state index in [0.717, 1.165) is 41.7 Å². The minimum atomic E-state index is 0.523. The molecule has 102 valence electrons. The predicted octanol–water partition coefficient (Wildman–Crippen LogP) is 2.41. The van der Waals surface area contributed by atoms with Crippen molar-refractivity contribution in [1.29, 1.82) is 0 Å². The fourth-order valence-electron chi connectivity index (χ4n) is 1.84. The standard InChI is InChI=1S/C13H19N5S/c1-4-5-12-16-11(14)6-13(17-12)18(3)7-10-8-19-9(2)15-10/h6,8H,4-5,7H2,1-3H3,(H2,14,16,17). The highest BCUT2D eigenvalue weighted by Gasteiger charge is 2.09. The van der Waals surface area contributed by atoms with Crippen LogP contribution in [0.1, 0.15) is 29.9 Å². The van der Waals surface area contributed by atoms with E-state index in [9.17, 15) is 0 Å². The number of aryl methyl sites for hydroxylation is 2. The van der Waals surface area contributed by atoms with Crippen molar-refractivity contribution in [2.45, 2.75) is 33.2 Å². The number of thiazole rings is 1. The lowest BCUT2D eigenvalue weighted by Gasteiger charge is -2.17. The van der Waals surface area contributed by atoms with Crippen LogP contribution in [0.15, 0.2) is 11.4 Å². The summed E-state index contributed by atoms with van der Waals surface area (Å²) < 4.78 is 0. The Bertz CT molecular complexity index is 552. The molecule has 0 bridgehead atoms. The number of aromatic nitrogens is 3. The van der Waals surface area contributed by atoms with Crippen LogP contribution < -0.4 is 10.6 Å². The summed E-state index contributed by atoms with van der Waals surface area (Å²) in [5.74, 6) is 2.18. The molecule has 0 atom stereocenters. The van der Waals surface area contributed by atoms with E-state index in [1.165, 1.54) is 0 Å². The Hall–Kier alpha value is -1.69. The van der Waals surface area contributed by atoms with Crippen molar-refractivity contribution in [3.05, 3.63) is 28.0 Å². The molecule has 0 aliphatic rings. The molecule has 2 aromatic rings. The predicted molar refractivity (Wildman–Crippen MR) is 79.4 cm³/mol. The molecule has 19 heavy (non-hydrogen) atoms. The first-order chi connectivity index (χ1) is 9.08. The average Bonchev–Trinajstić information content (AvgIpc) is 2.74. The molecule has 0 saturated carbocycles. The molecule has 0 amide bonds. The number of anilines is 2. The number of hydrogen-bond donors (Lipinski definition) is 1. The van der Waals surface area contributed by atoms with Gasteiger partial charge in [0.2, 0.25) is 0 Å². The Labute approximate surface area is 117 Å². The zero-order valence-corrected chi connectivity index (χ0v) is 12.4. The molecule has 0 radical (unpaired) electrons. The maximum absolute atomic E-state index is 5.83. The first-order valence-electron chi connectivity index (χ1n) is 6.34. The van der Waals surface area contributed by atoms with E-state index in [0.29, 0.717) is 5.82 Å². The van der Waals surface area contributed by atoms with Gasteiger partial charge < -0.3 is 10.6 Å². The number of hydrogen-bond acceptors (Lipinski definition) is 6. The normalized spacial score (nSPS) is 10.7. The number of nitrogens with two attached hydrogens (primary N) is 1. The largest absolute Gasteiger partial charge is 0.384 e. The lowest BCUT2D eigenvalue weighted by atomic mass is 10.3.